The molecule has 45 heteroatoms. The maximum atomic E-state index is 15.7. The molecule has 14 aromatic rings. The van der Waals surface area contributed by atoms with Crippen LogP contribution in [0.2, 0.25) is 0 Å². The largest absolute Gasteiger partial charge is 0.480 e. The number of imidazole rings is 8. The quantitative estimate of drug-likeness (QED) is 0.0236. The number of carbonyl (C=O) groups excluding carboxylic acids is 13. The van der Waals surface area contributed by atoms with Crippen molar-refractivity contribution >= 4 is 82.8 Å². The van der Waals surface area contributed by atoms with Crippen LogP contribution in [-0.4, -0.2) is 252 Å². The van der Waals surface area contributed by atoms with E-state index in [0.717, 1.165) is 0 Å². The van der Waals surface area contributed by atoms with E-state index in [4.69, 9.17) is 5.73 Å². The van der Waals surface area contributed by atoms with Gasteiger partial charge in [0, 0.05) is 139 Å². The third-order valence-corrected chi connectivity index (χ3v) is 24.0. The summed E-state index contributed by atoms with van der Waals surface area (Å²) in [6.45, 7) is 0. The van der Waals surface area contributed by atoms with Crippen molar-refractivity contribution in [2.75, 3.05) is 0 Å². The van der Waals surface area contributed by atoms with Crippen LogP contribution in [0.5, 0.6) is 0 Å². The van der Waals surface area contributed by atoms with Crippen LogP contribution in [0.3, 0.4) is 0 Å². The van der Waals surface area contributed by atoms with Crippen LogP contribution in [0.1, 0.15) is 78.9 Å². The van der Waals surface area contributed by atoms with E-state index in [2.05, 4.69) is 149 Å². The number of rotatable bonds is 55. The molecule has 0 bridgehead atoms. The number of benzene rings is 6. The fraction of sp³-hybridized carbons (Fsp3) is 0.275. The fourth-order valence-corrected chi connectivity index (χ4v) is 16.4. The molecule has 8 heterocycles. The molecule has 14 atom stereocenters. The van der Waals surface area contributed by atoms with E-state index in [-0.39, 0.29) is 118 Å². The summed E-state index contributed by atoms with van der Waals surface area (Å²) in [6.07, 6.45) is 19.7. The Morgan fingerprint density at radius 3 is 0.463 bits per heavy atom. The molecule has 14 rings (SSSR count). The van der Waals surface area contributed by atoms with Gasteiger partial charge in [0.05, 0.1) is 102 Å². The summed E-state index contributed by atoms with van der Waals surface area (Å²) < 4.78 is 0. The van der Waals surface area contributed by atoms with E-state index in [1.54, 1.807) is 188 Å². The third kappa shape index (κ3) is 32.3. The summed E-state index contributed by atoms with van der Waals surface area (Å²) >= 11 is 0. The van der Waals surface area contributed by atoms with Gasteiger partial charge in [-0.3, -0.25) is 62.3 Å². The monoisotopic (exact) mass is 2000 g/mol. The summed E-state index contributed by atoms with van der Waals surface area (Å²) in [4.78, 5) is 267. The standard InChI is InChI=1S/C102H112N30O15/c103-75(37-67-45-104-53-112-67)89(133)120-81(38-68-46-105-54-113-68)95(139)123-76(31-61-19-7-1-8-20-61)90(134)121-78(33-63-23-11-3-12-24-63)92(136)126-84(41-71-49-108-57-116-71)98(142)130-83(40-70-48-107-56-115-70)97(141)125-80(35-65-27-15-5-16-28-65)94(138)128-85(42-72-50-109-58-117-72)99(143)129-82(39-69-47-106-55-114-69)96(140)124-77(32-62-21-9-2-10-22-62)91(135)122-79(34-64-25-13-4-14-26-64)93(137)127-86(43-73-51-110-59-118-73)100(144)131-87(44-74-52-111-60-119-74)101(145)132-88(102(146)147)36-66-29-17-6-18-30-66/h1-30,45-60,75-88H,31-44,103H2,(H,104,112)(H,105,113)(H,106,114)(H,107,115)(H,108,116)(H,109,117)(H,110,118)(H,111,119)(H,120,133)(H,121,134)(H,122,135)(H,123,139)(H,124,140)(H,125,141)(H,126,136)(H,127,137)(H,128,138)(H,129,143)(H,130,142)(H,131,144)(H,132,145)(H,146,147)/t75-,76-,77-,78-,79-,80-,81-,82-,83-,84-,85-,86-,87-,88-/m0/s1. The minimum absolute atomic E-state index is 0.0149. The summed E-state index contributed by atoms with van der Waals surface area (Å²) in [7, 11) is 0. The van der Waals surface area contributed by atoms with Crippen LogP contribution in [0, 0.1) is 0 Å². The topological polar surface area (TPSA) is 671 Å². The van der Waals surface area contributed by atoms with Gasteiger partial charge in [-0.05, 0) is 33.4 Å². The van der Waals surface area contributed by atoms with Gasteiger partial charge in [0.25, 0.3) is 0 Å². The van der Waals surface area contributed by atoms with Crippen LogP contribution in [-0.2, 0) is 157 Å². The molecule has 0 saturated heterocycles. The Morgan fingerprint density at radius 1 is 0.190 bits per heavy atom. The number of nitrogens with two attached hydrogens (primary N) is 1. The Labute approximate surface area is 840 Å². The van der Waals surface area contributed by atoms with Gasteiger partial charge in [-0.25, -0.2) is 44.7 Å². The number of aromatic amines is 8. The van der Waals surface area contributed by atoms with Crippen LogP contribution >= 0.6 is 0 Å². The zero-order chi connectivity index (χ0) is 103. The lowest BCUT2D eigenvalue weighted by atomic mass is 10.0. The molecule has 0 radical (unpaired) electrons. The summed E-state index contributed by atoms with van der Waals surface area (Å²) in [5.74, 6) is -13.1. The molecule has 147 heavy (non-hydrogen) atoms. The highest BCUT2D eigenvalue weighted by Gasteiger charge is 2.41. The van der Waals surface area contributed by atoms with Gasteiger partial charge >= 0.3 is 5.97 Å². The molecule has 0 spiro atoms. The second-order valence-corrected chi connectivity index (χ2v) is 35.0. The Bertz CT molecular complexity index is 6510. The number of hydrogen-bond donors (Lipinski definition) is 23. The molecule has 0 fully saturated rings. The predicted octanol–water partition coefficient (Wildman–Crippen LogP) is -0.117. The predicted molar refractivity (Wildman–Crippen MR) is 530 cm³/mol. The first-order valence-electron chi connectivity index (χ1n) is 47.4. The van der Waals surface area contributed by atoms with Crippen LogP contribution in [0.25, 0.3) is 0 Å². The molecule has 45 nitrogen and oxygen atoms in total. The number of hydrogen-bond acceptors (Lipinski definition) is 23. The number of carbonyl (C=O) groups is 14. The maximum Gasteiger partial charge on any atom is 0.326 e. The van der Waals surface area contributed by atoms with Crippen molar-refractivity contribution in [2.24, 2.45) is 5.73 Å². The number of carboxylic acids is 1. The Morgan fingerprint density at radius 2 is 0.320 bits per heavy atom. The van der Waals surface area contributed by atoms with E-state index in [0.29, 0.717) is 50.5 Å². The molecular formula is C102H112N30O15. The van der Waals surface area contributed by atoms with Gasteiger partial charge in [0.15, 0.2) is 0 Å². The van der Waals surface area contributed by atoms with Gasteiger partial charge in [0.2, 0.25) is 76.8 Å². The van der Waals surface area contributed by atoms with Crippen molar-refractivity contribution in [3.05, 3.63) is 361 Å². The van der Waals surface area contributed by atoms with Gasteiger partial charge < -0.3 is 120 Å². The van der Waals surface area contributed by atoms with Crippen molar-refractivity contribution in [3.63, 3.8) is 0 Å². The number of aromatic nitrogens is 16. The summed E-state index contributed by atoms with van der Waals surface area (Å²) in [5, 5.41) is 46.5. The molecule has 13 amide bonds. The zero-order valence-electron chi connectivity index (χ0n) is 79.4. The number of H-pyrrole nitrogens is 8. The van der Waals surface area contributed by atoms with Gasteiger partial charge in [-0.2, -0.15) is 0 Å². The highest BCUT2D eigenvalue weighted by molar-refractivity contribution is 6.01. The summed E-state index contributed by atoms with van der Waals surface area (Å²) in [5.41, 5.74) is 12.1. The van der Waals surface area contributed by atoms with Crippen LogP contribution in [0.4, 0.5) is 0 Å². The van der Waals surface area contributed by atoms with Crippen molar-refractivity contribution in [2.45, 2.75) is 174 Å². The van der Waals surface area contributed by atoms with E-state index in [9.17, 15) is 29.1 Å². The second kappa shape index (κ2) is 52.9. The Hall–Kier alpha value is -18.5. The first-order valence-corrected chi connectivity index (χ1v) is 47.4. The number of aliphatic carboxylic acids is 1. The SMILES string of the molecule is N[C@@H](Cc1c[nH]cn1)C(=O)N[C@@H](Cc1c[nH]cn1)C(=O)N[C@@H](Cc1ccccc1)C(=O)N[C@@H](Cc1ccccc1)C(=O)N[C@@H](Cc1c[nH]cn1)C(=O)N[C@@H](Cc1c[nH]cn1)C(=O)N[C@@H](Cc1ccccc1)C(=O)N[C@@H](Cc1c[nH]cn1)C(=O)N[C@@H](Cc1c[nH]cn1)C(=O)N[C@@H](Cc1ccccc1)C(=O)N[C@@H](Cc1ccccc1)C(=O)N[C@@H](Cc1c[nH]cn1)C(=O)N[C@@H](Cc1c[nH]cn1)C(=O)N[C@@H](Cc1ccccc1)C(=O)O. The molecule has 6 aromatic carbocycles. The number of carboxylic acid groups (broad SMARTS) is 1. The molecule has 0 aliphatic carbocycles. The normalized spacial score (nSPS) is 14.0. The van der Waals surface area contributed by atoms with Crippen LogP contribution < -0.4 is 74.9 Å². The first kappa shape index (κ1) is 104. The molecule has 8 aromatic heterocycles. The number of amides is 13. The van der Waals surface area contributed by atoms with E-state index in [1.165, 1.54) is 94.0 Å². The lowest BCUT2D eigenvalue weighted by Crippen LogP contribution is -2.62. The Kier molecular flexibility index (Phi) is 37.5. The van der Waals surface area contributed by atoms with Gasteiger partial charge in [0.1, 0.15) is 78.5 Å². The molecular weight excluding hydrogens is 1890 g/mol. The van der Waals surface area contributed by atoms with Crippen molar-refractivity contribution < 1.29 is 72.2 Å². The van der Waals surface area contributed by atoms with Gasteiger partial charge in [-0.1, -0.05) is 182 Å². The molecule has 24 N–H and O–H groups in total. The molecule has 760 valence electrons. The van der Waals surface area contributed by atoms with Crippen molar-refractivity contribution in [1.82, 2.24) is 149 Å². The molecule has 0 saturated carbocycles. The minimum Gasteiger partial charge on any atom is -0.480 e. The van der Waals surface area contributed by atoms with Gasteiger partial charge in [-0.15, -0.1) is 0 Å². The number of nitrogens with zero attached hydrogens (tertiary/aromatic N) is 8. The molecule has 0 aliphatic rings. The molecule has 0 unspecified atom stereocenters. The highest BCUT2D eigenvalue weighted by Crippen LogP contribution is 2.19. The van der Waals surface area contributed by atoms with Crippen molar-refractivity contribution in [3.8, 4) is 0 Å². The smallest absolute Gasteiger partial charge is 0.326 e. The van der Waals surface area contributed by atoms with E-state index in [1.807, 2.05) is 0 Å². The minimum atomic E-state index is -1.65. The Balaban J connectivity index is 0.704. The first-order chi connectivity index (χ1) is 71.4. The average Bonchev–Trinajstić information content (AvgIpc) is 1.83. The maximum absolute atomic E-state index is 15.7. The lowest BCUT2D eigenvalue weighted by Gasteiger charge is -2.28. The van der Waals surface area contributed by atoms with E-state index >= 15 is 43.2 Å². The fourth-order valence-electron chi connectivity index (χ4n) is 16.4. The summed E-state index contributed by atoms with van der Waals surface area (Å²) in [6, 6.07) is 30.3. The third-order valence-electron chi connectivity index (χ3n) is 24.0. The average molecular weight is 2000 g/mol. The van der Waals surface area contributed by atoms with Crippen LogP contribution in [0.15, 0.2) is 282 Å². The lowest BCUT2D eigenvalue weighted by molar-refractivity contribution is -0.142. The van der Waals surface area contributed by atoms with Crippen molar-refractivity contribution in [1.29, 1.82) is 0 Å². The second-order valence-electron chi connectivity index (χ2n) is 35.0. The number of nitrogens with one attached hydrogen (secondary N) is 21. The highest BCUT2D eigenvalue weighted by atomic mass is 16.4. The zero-order valence-corrected chi connectivity index (χ0v) is 79.4. The molecule has 0 aliphatic heterocycles. The van der Waals surface area contributed by atoms with E-state index < -0.39 is 167 Å².